The molecule has 5 rings (SSSR count). The van der Waals surface area contributed by atoms with Gasteiger partial charge in [-0.1, -0.05) is 25.0 Å². The summed E-state index contributed by atoms with van der Waals surface area (Å²) in [5.41, 5.74) is 1.99. The average Bonchev–Trinajstić information content (AvgIpc) is 3.36. The van der Waals surface area contributed by atoms with Crippen LogP contribution in [0.25, 0.3) is 0 Å². The average molecular weight is 424 g/mol. The van der Waals surface area contributed by atoms with E-state index in [1.165, 1.54) is 36.1 Å². The lowest BCUT2D eigenvalue weighted by Gasteiger charge is -2.20. The number of fused-ring (bicyclic) bond motifs is 5. The Morgan fingerprint density at radius 3 is 2.32 bits per heavy atom. The summed E-state index contributed by atoms with van der Waals surface area (Å²) in [5.74, 6) is 0.348. The molecule has 0 spiro atoms. The van der Waals surface area contributed by atoms with E-state index in [4.69, 9.17) is 0 Å². The number of carbonyl (C=O) groups is 3. The lowest BCUT2D eigenvalue weighted by Crippen LogP contribution is -2.35. The largest absolute Gasteiger partial charge is 0.326 e. The number of rotatable bonds is 6. The highest BCUT2D eigenvalue weighted by Crippen LogP contribution is 2.56. The normalized spacial score (nSPS) is 30.5. The molecule has 6 heteroatoms. The number of anilines is 1. The van der Waals surface area contributed by atoms with Crippen LogP contribution in [-0.2, 0) is 20.9 Å². The van der Waals surface area contributed by atoms with Crippen molar-refractivity contribution in [3.63, 3.8) is 0 Å². The molecular formula is C25H33N3O3. The molecule has 2 bridgehead atoms. The summed E-state index contributed by atoms with van der Waals surface area (Å²) in [6.07, 6.45) is 8.49. The first-order valence-corrected chi connectivity index (χ1v) is 12.1. The van der Waals surface area contributed by atoms with Gasteiger partial charge in [-0.25, -0.2) is 0 Å². The van der Waals surface area contributed by atoms with E-state index in [0.717, 1.165) is 44.6 Å². The van der Waals surface area contributed by atoms with Crippen molar-refractivity contribution in [2.75, 3.05) is 25.0 Å². The van der Waals surface area contributed by atoms with Crippen molar-refractivity contribution in [3.05, 3.63) is 29.8 Å². The Morgan fingerprint density at radius 1 is 0.968 bits per heavy atom. The van der Waals surface area contributed by atoms with Gasteiger partial charge in [0, 0.05) is 25.2 Å². The van der Waals surface area contributed by atoms with E-state index in [9.17, 15) is 14.4 Å². The first kappa shape index (κ1) is 20.7. The Kier molecular flexibility index (Phi) is 5.83. The van der Waals surface area contributed by atoms with Crippen molar-refractivity contribution in [1.82, 2.24) is 9.80 Å². The van der Waals surface area contributed by atoms with Gasteiger partial charge >= 0.3 is 0 Å². The molecular weight excluding hydrogens is 390 g/mol. The summed E-state index contributed by atoms with van der Waals surface area (Å²) >= 11 is 0. The van der Waals surface area contributed by atoms with Crippen molar-refractivity contribution in [3.8, 4) is 0 Å². The monoisotopic (exact) mass is 423 g/mol. The second kappa shape index (κ2) is 8.73. The Morgan fingerprint density at radius 2 is 1.65 bits per heavy atom. The summed E-state index contributed by atoms with van der Waals surface area (Å²) in [7, 11) is 0. The number of benzene rings is 1. The Labute approximate surface area is 184 Å². The molecule has 1 aromatic rings. The number of nitrogens with one attached hydrogen (secondary N) is 1. The van der Waals surface area contributed by atoms with E-state index >= 15 is 0 Å². The number of carbonyl (C=O) groups excluding carboxylic acids is 3. The number of likely N-dealkylation sites (tertiary alicyclic amines) is 2. The van der Waals surface area contributed by atoms with E-state index in [-0.39, 0.29) is 42.5 Å². The number of hydrogen-bond donors (Lipinski definition) is 1. The van der Waals surface area contributed by atoms with Crippen LogP contribution >= 0.6 is 0 Å². The molecule has 2 saturated heterocycles. The predicted molar refractivity (Wildman–Crippen MR) is 118 cm³/mol. The van der Waals surface area contributed by atoms with E-state index in [0.29, 0.717) is 11.8 Å². The molecule has 6 nitrogen and oxygen atoms in total. The first-order valence-electron chi connectivity index (χ1n) is 12.1. The van der Waals surface area contributed by atoms with Crippen LogP contribution in [0.2, 0.25) is 0 Å². The fourth-order valence-electron chi connectivity index (χ4n) is 6.43. The zero-order chi connectivity index (χ0) is 21.4. The SMILES string of the molecule is O=C(CCN1C(=O)[C@@H]2[C@H]3CC[C@@H](C3)[C@H]2C1=O)Nc1cccc(CN2CCCCCC2)c1. The maximum Gasteiger partial charge on any atom is 0.233 e. The van der Waals surface area contributed by atoms with Crippen LogP contribution in [0.3, 0.4) is 0 Å². The van der Waals surface area contributed by atoms with E-state index in [2.05, 4.69) is 16.3 Å². The third kappa shape index (κ3) is 4.14. The molecule has 2 aliphatic heterocycles. The van der Waals surface area contributed by atoms with Crippen molar-refractivity contribution in [2.24, 2.45) is 23.7 Å². The molecule has 31 heavy (non-hydrogen) atoms. The van der Waals surface area contributed by atoms with Gasteiger partial charge in [0.25, 0.3) is 0 Å². The summed E-state index contributed by atoms with van der Waals surface area (Å²) in [6.45, 7) is 3.38. The van der Waals surface area contributed by atoms with Crippen molar-refractivity contribution < 1.29 is 14.4 Å². The standard InChI is InChI=1S/C25H33N3O3/c29-21(10-13-28-24(30)22-18-8-9-19(15-18)23(22)25(28)31)26-20-7-5-6-17(14-20)16-27-11-3-1-2-4-12-27/h5-7,14,18-19,22-23H,1-4,8-13,15-16H2,(H,26,29)/t18-,19-,22+,23+/m0/s1. The van der Waals surface area contributed by atoms with Crippen LogP contribution < -0.4 is 5.32 Å². The highest BCUT2D eigenvalue weighted by atomic mass is 16.2. The Hall–Kier alpha value is -2.21. The zero-order valence-electron chi connectivity index (χ0n) is 18.2. The summed E-state index contributed by atoms with van der Waals surface area (Å²) in [6, 6.07) is 8.03. The van der Waals surface area contributed by atoms with Gasteiger partial charge in [0.1, 0.15) is 0 Å². The minimum Gasteiger partial charge on any atom is -0.326 e. The zero-order valence-corrected chi connectivity index (χ0v) is 18.2. The number of hydrogen-bond acceptors (Lipinski definition) is 4. The minimum absolute atomic E-state index is 0.0329. The van der Waals surface area contributed by atoms with Crippen LogP contribution in [0.5, 0.6) is 0 Å². The second-order valence-corrected chi connectivity index (χ2v) is 9.90. The van der Waals surface area contributed by atoms with Gasteiger partial charge in [-0.15, -0.1) is 0 Å². The van der Waals surface area contributed by atoms with Gasteiger partial charge in [0.15, 0.2) is 0 Å². The fraction of sp³-hybridized carbons (Fsp3) is 0.640. The van der Waals surface area contributed by atoms with Gasteiger partial charge in [0.05, 0.1) is 11.8 Å². The van der Waals surface area contributed by atoms with Crippen LogP contribution in [0, 0.1) is 23.7 Å². The number of nitrogens with zero attached hydrogens (tertiary/aromatic N) is 2. The molecule has 2 aliphatic carbocycles. The van der Waals surface area contributed by atoms with Gasteiger partial charge in [-0.05, 0) is 74.7 Å². The van der Waals surface area contributed by atoms with Crippen LogP contribution in [0.1, 0.15) is 56.9 Å². The number of imide groups is 1. The summed E-state index contributed by atoms with van der Waals surface area (Å²) in [4.78, 5) is 42.0. The van der Waals surface area contributed by atoms with Crippen LogP contribution in [0.4, 0.5) is 5.69 Å². The van der Waals surface area contributed by atoms with Crippen LogP contribution in [0.15, 0.2) is 24.3 Å². The van der Waals surface area contributed by atoms with Crippen LogP contribution in [-0.4, -0.2) is 47.2 Å². The smallest absolute Gasteiger partial charge is 0.233 e. The highest BCUT2D eigenvalue weighted by molar-refractivity contribution is 6.06. The Balaban J connectivity index is 1.14. The van der Waals surface area contributed by atoms with Crippen molar-refractivity contribution in [1.29, 1.82) is 0 Å². The van der Waals surface area contributed by atoms with Gasteiger partial charge in [-0.2, -0.15) is 0 Å². The lowest BCUT2D eigenvalue weighted by molar-refractivity contribution is -0.140. The maximum atomic E-state index is 12.8. The minimum atomic E-state index is -0.146. The third-order valence-corrected chi connectivity index (χ3v) is 7.90. The first-order chi connectivity index (χ1) is 15.1. The second-order valence-electron chi connectivity index (χ2n) is 9.90. The molecule has 4 atom stereocenters. The maximum absolute atomic E-state index is 12.8. The Bertz CT molecular complexity index is 833. The van der Waals surface area contributed by atoms with Crippen molar-refractivity contribution in [2.45, 2.75) is 57.9 Å². The summed E-state index contributed by atoms with van der Waals surface area (Å²) in [5, 5.41) is 2.96. The molecule has 0 radical (unpaired) electrons. The third-order valence-electron chi connectivity index (χ3n) is 7.90. The van der Waals surface area contributed by atoms with Gasteiger partial charge in [-0.3, -0.25) is 24.2 Å². The highest BCUT2D eigenvalue weighted by Gasteiger charge is 2.60. The molecule has 3 amide bonds. The number of amides is 3. The molecule has 166 valence electrons. The molecule has 2 saturated carbocycles. The van der Waals surface area contributed by atoms with Gasteiger partial charge in [0.2, 0.25) is 17.7 Å². The lowest BCUT2D eigenvalue weighted by atomic mass is 9.81. The molecule has 1 N–H and O–H groups in total. The van der Waals surface area contributed by atoms with Gasteiger partial charge < -0.3 is 5.32 Å². The molecule has 4 fully saturated rings. The quantitative estimate of drug-likeness (QED) is 0.712. The topological polar surface area (TPSA) is 69.7 Å². The van der Waals surface area contributed by atoms with E-state index < -0.39 is 0 Å². The van der Waals surface area contributed by atoms with Crippen molar-refractivity contribution >= 4 is 23.4 Å². The molecule has 0 unspecified atom stereocenters. The molecule has 1 aromatic carbocycles. The summed E-state index contributed by atoms with van der Waals surface area (Å²) < 4.78 is 0. The molecule has 0 aromatic heterocycles. The fourth-order valence-corrected chi connectivity index (χ4v) is 6.43. The molecule has 4 aliphatic rings. The van der Waals surface area contributed by atoms with E-state index in [1.54, 1.807) is 0 Å². The van der Waals surface area contributed by atoms with E-state index in [1.807, 2.05) is 18.2 Å². The molecule has 2 heterocycles. The predicted octanol–water partition coefficient (Wildman–Crippen LogP) is 3.42.